The molecule has 1 aliphatic rings. The van der Waals surface area contributed by atoms with E-state index in [1.807, 2.05) is 30.5 Å². The van der Waals surface area contributed by atoms with Crippen molar-refractivity contribution in [2.45, 2.75) is 22.6 Å². The van der Waals surface area contributed by atoms with Gasteiger partial charge in [0.05, 0.1) is 17.9 Å². The third-order valence-electron chi connectivity index (χ3n) is 4.79. The number of hydrogen-bond donors (Lipinski definition) is 1. The Labute approximate surface area is 170 Å². The van der Waals surface area contributed by atoms with Crippen molar-refractivity contribution in [3.8, 4) is 5.75 Å². The summed E-state index contributed by atoms with van der Waals surface area (Å²) in [6.45, 7) is 0.600. The van der Waals surface area contributed by atoms with Crippen molar-refractivity contribution in [3.05, 3.63) is 48.5 Å². The van der Waals surface area contributed by atoms with Gasteiger partial charge < -0.3 is 10.1 Å². The molecule has 0 spiro atoms. The van der Waals surface area contributed by atoms with Crippen LogP contribution in [0.25, 0.3) is 0 Å². The summed E-state index contributed by atoms with van der Waals surface area (Å²) in [6, 6.07) is 13.9. The Balaban J connectivity index is 1.70. The van der Waals surface area contributed by atoms with E-state index in [1.54, 1.807) is 23.9 Å². The van der Waals surface area contributed by atoms with E-state index in [-0.39, 0.29) is 23.3 Å². The van der Waals surface area contributed by atoms with Crippen LogP contribution in [0.3, 0.4) is 0 Å². The molecule has 2 aromatic carbocycles. The number of anilines is 1. The van der Waals surface area contributed by atoms with Gasteiger partial charge in [0.15, 0.2) is 0 Å². The monoisotopic (exact) mass is 420 g/mol. The Hall–Kier alpha value is -2.03. The first kappa shape index (κ1) is 20.7. The number of benzene rings is 2. The van der Waals surface area contributed by atoms with Gasteiger partial charge in [0.2, 0.25) is 15.9 Å². The normalized spacial score (nSPS) is 17.9. The first-order chi connectivity index (χ1) is 13.4. The number of hydrogen-bond acceptors (Lipinski definition) is 5. The Morgan fingerprint density at radius 1 is 1.21 bits per heavy atom. The van der Waals surface area contributed by atoms with E-state index >= 15 is 0 Å². The lowest BCUT2D eigenvalue weighted by Gasteiger charge is -2.31. The average molecular weight is 421 g/mol. The van der Waals surface area contributed by atoms with Gasteiger partial charge in [0.25, 0.3) is 0 Å². The summed E-state index contributed by atoms with van der Waals surface area (Å²) in [5.74, 6) is 0.0786. The summed E-state index contributed by atoms with van der Waals surface area (Å²) in [6.07, 6.45) is 3.30. The van der Waals surface area contributed by atoms with E-state index in [0.29, 0.717) is 25.1 Å². The molecule has 0 aromatic heterocycles. The van der Waals surface area contributed by atoms with Crippen LogP contribution < -0.4 is 10.1 Å². The summed E-state index contributed by atoms with van der Waals surface area (Å²) in [4.78, 5) is 14.0. The van der Waals surface area contributed by atoms with Gasteiger partial charge in [0, 0.05) is 23.7 Å². The summed E-state index contributed by atoms with van der Waals surface area (Å²) >= 11 is 1.60. The second-order valence-corrected chi connectivity index (χ2v) is 9.42. The van der Waals surface area contributed by atoms with Crippen LogP contribution in [0.2, 0.25) is 0 Å². The van der Waals surface area contributed by atoms with Crippen LogP contribution in [-0.4, -0.2) is 45.1 Å². The van der Waals surface area contributed by atoms with Crippen molar-refractivity contribution in [1.82, 2.24) is 4.31 Å². The van der Waals surface area contributed by atoms with Crippen LogP contribution in [-0.2, 0) is 14.8 Å². The van der Waals surface area contributed by atoms with Crippen molar-refractivity contribution in [2.24, 2.45) is 5.92 Å². The number of methoxy groups -OCH3 is 1. The third kappa shape index (κ3) is 4.68. The predicted molar refractivity (Wildman–Crippen MR) is 111 cm³/mol. The lowest BCUT2D eigenvalue weighted by Crippen LogP contribution is -2.43. The molecule has 0 aliphatic carbocycles. The first-order valence-corrected chi connectivity index (χ1v) is 11.7. The summed E-state index contributed by atoms with van der Waals surface area (Å²) in [5, 5.41) is 2.92. The first-order valence-electron chi connectivity index (χ1n) is 9.03. The molecular weight excluding hydrogens is 396 g/mol. The van der Waals surface area contributed by atoms with Crippen molar-refractivity contribution < 1.29 is 17.9 Å². The molecule has 1 saturated heterocycles. The van der Waals surface area contributed by atoms with Crippen molar-refractivity contribution in [2.75, 3.05) is 31.8 Å². The number of piperidine rings is 1. The fourth-order valence-electron chi connectivity index (χ4n) is 3.22. The molecular formula is C20H24N2O4S2. The number of carbonyl (C=O) groups is 1. The molecule has 2 aromatic rings. The highest BCUT2D eigenvalue weighted by atomic mass is 32.2. The maximum atomic E-state index is 12.9. The third-order valence-corrected chi connectivity index (χ3v) is 7.39. The number of nitrogens with zero attached hydrogens (tertiary/aromatic N) is 1. The largest absolute Gasteiger partial charge is 0.497 e. The van der Waals surface area contributed by atoms with Gasteiger partial charge in [-0.1, -0.05) is 6.07 Å². The highest BCUT2D eigenvalue weighted by molar-refractivity contribution is 7.98. The predicted octanol–water partition coefficient (Wildman–Crippen LogP) is 3.46. The standard InChI is InChI=1S/C20H24N2O4S2/c1-26-17-8-10-19(11-9-17)28(24,25)22-12-4-5-15(14-22)20(23)21-16-6-3-7-18(13-16)27-2/h3,6-11,13,15H,4-5,12,14H2,1-2H3,(H,21,23). The smallest absolute Gasteiger partial charge is 0.243 e. The minimum absolute atomic E-state index is 0.145. The molecule has 3 rings (SSSR count). The average Bonchev–Trinajstić information content (AvgIpc) is 2.74. The number of nitrogens with one attached hydrogen (secondary N) is 1. The Morgan fingerprint density at radius 3 is 2.64 bits per heavy atom. The SMILES string of the molecule is COc1ccc(S(=O)(=O)N2CCCC(C(=O)Nc3cccc(SC)c3)C2)cc1. The van der Waals surface area contributed by atoms with Crippen LogP contribution in [0.15, 0.2) is 58.3 Å². The van der Waals surface area contributed by atoms with Gasteiger partial charge in [-0.05, 0) is 61.6 Å². The fraction of sp³-hybridized carbons (Fsp3) is 0.350. The van der Waals surface area contributed by atoms with Crippen molar-refractivity contribution >= 4 is 33.4 Å². The van der Waals surface area contributed by atoms with E-state index in [9.17, 15) is 13.2 Å². The number of sulfonamides is 1. The minimum Gasteiger partial charge on any atom is -0.497 e. The maximum Gasteiger partial charge on any atom is 0.243 e. The van der Waals surface area contributed by atoms with Crippen LogP contribution in [0.5, 0.6) is 5.75 Å². The zero-order valence-corrected chi connectivity index (χ0v) is 17.6. The zero-order valence-electron chi connectivity index (χ0n) is 15.9. The zero-order chi connectivity index (χ0) is 20.1. The molecule has 150 valence electrons. The van der Waals surface area contributed by atoms with E-state index in [0.717, 1.165) is 10.6 Å². The molecule has 1 heterocycles. The van der Waals surface area contributed by atoms with Crippen molar-refractivity contribution in [3.63, 3.8) is 0 Å². The number of carbonyl (C=O) groups excluding carboxylic acids is 1. The number of rotatable bonds is 6. The van der Waals surface area contributed by atoms with Gasteiger partial charge in [-0.25, -0.2) is 8.42 Å². The Kier molecular flexibility index (Phi) is 6.64. The second kappa shape index (κ2) is 8.98. The van der Waals surface area contributed by atoms with Crippen LogP contribution in [0, 0.1) is 5.92 Å². The topological polar surface area (TPSA) is 75.7 Å². The summed E-state index contributed by atoms with van der Waals surface area (Å²) in [5.41, 5.74) is 0.729. The Morgan fingerprint density at radius 2 is 1.96 bits per heavy atom. The fourth-order valence-corrected chi connectivity index (χ4v) is 5.20. The van der Waals surface area contributed by atoms with E-state index in [4.69, 9.17) is 4.74 Å². The minimum atomic E-state index is -3.64. The molecule has 8 heteroatoms. The van der Waals surface area contributed by atoms with E-state index in [1.165, 1.54) is 23.5 Å². The van der Waals surface area contributed by atoms with Crippen molar-refractivity contribution in [1.29, 1.82) is 0 Å². The van der Waals surface area contributed by atoms with Gasteiger partial charge in [-0.15, -0.1) is 11.8 Å². The Bertz CT molecular complexity index is 929. The quantitative estimate of drug-likeness (QED) is 0.725. The van der Waals surface area contributed by atoms with Gasteiger partial charge in [0.1, 0.15) is 5.75 Å². The molecule has 0 saturated carbocycles. The number of thioether (sulfide) groups is 1. The van der Waals surface area contributed by atoms with Gasteiger partial charge in [-0.2, -0.15) is 4.31 Å². The van der Waals surface area contributed by atoms with Crippen LogP contribution >= 0.6 is 11.8 Å². The highest BCUT2D eigenvalue weighted by Gasteiger charge is 2.33. The highest BCUT2D eigenvalue weighted by Crippen LogP contribution is 2.26. The molecule has 1 aliphatic heterocycles. The van der Waals surface area contributed by atoms with Gasteiger partial charge >= 0.3 is 0 Å². The summed E-state index contributed by atoms with van der Waals surface area (Å²) in [7, 11) is -2.11. The van der Waals surface area contributed by atoms with E-state index in [2.05, 4.69) is 5.32 Å². The van der Waals surface area contributed by atoms with Crippen LogP contribution in [0.1, 0.15) is 12.8 Å². The molecule has 0 bridgehead atoms. The lowest BCUT2D eigenvalue weighted by molar-refractivity contribution is -0.120. The molecule has 1 unspecified atom stereocenters. The molecule has 1 N–H and O–H groups in total. The second-order valence-electron chi connectivity index (χ2n) is 6.60. The molecule has 1 atom stereocenters. The lowest BCUT2D eigenvalue weighted by atomic mass is 9.99. The van der Waals surface area contributed by atoms with Crippen LogP contribution in [0.4, 0.5) is 5.69 Å². The van der Waals surface area contributed by atoms with Gasteiger partial charge in [-0.3, -0.25) is 4.79 Å². The molecule has 0 radical (unpaired) electrons. The number of ether oxygens (including phenoxy) is 1. The number of amides is 1. The molecule has 6 nitrogen and oxygen atoms in total. The molecule has 28 heavy (non-hydrogen) atoms. The molecule has 1 amide bonds. The van der Waals surface area contributed by atoms with E-state index < -0.39 is 10.0 Å². The maximum absolute atomic E-state index is 12.9. The molecule has 1 fully saturated rings. The summed E-state index contributed by atoms with van der Waals surface area (Å²) < 4.78 is 32.4.